The van der Waals surface area contributed by atoms with Crippen molar-refractivity contribution >= 4 is 21.2 Å². The second kappa shape index (κ2) is 5.16. The summed E-state index contributed by atoms with van der Waals surface area (Å²) in [6.45, 7) is -0.0185. The highest BCUT2D eigenvalue weighted by atomic mass is 32.2. The molecule has 1 aliphatic heterocycles. The van der Waals surface area contributed by atoms with Gasteiger partial charge in [0.25, 0.3) is 0 Å². The number of sulfone groups is 1. The third-order valence-corrected chi connectivity index (χ3v) is 5.61. The van der Waals surface area contributed by atoms with Crippen LogP contribution in [0.1, 0.15) is 18.4 Å². The number of hydrogen-bond donors (Lipinski definition) is 2. The summed E-state index contributed by atoms with van der Waals surface area (Å²) in [5.41, 5.74) is 4.35. The van der Waals surface area contributed by atoms with Gasteiger partial charge in [0.15, 0.2) is 9.84 Å². The minimum Gasteiger partial charge on any atom is -0.399 e. The molecule has 1 heterocycles. The molecule has 0 aromatic heterocycles. The fourth-order valence-electron chi connectivity index (χ4n) is 2.26. The van der Waals surface area contributed by atoms with E-state index in [1.54, 1.807) is 0 Å². The average Bonchev–Trinajstić information content (AvgIpc) is 2.65. The van der Waals surface area contributed by atoms with Gasteiger partial charge in [-0.05, 0) is 31.0 Å². The summed E-state index contributed by atoms with van der Waals surface area (Å²) in [5, 5.41) is 1.97. The Hall–Kier alpha value is -1.44. The average molecular weight is 308 g/mol. The zero-order valence-electron chi connectivity index (χ0n) is 10.6. The van der Waals surface area contributed by atoms with Crippen LogP contribution in [0.25, 0.3) is 0 Å². The van der Waals surface area contributed by atoms with Crippen molar-refractivity contribution < 1.29 is 21.6 Å². The van der Waals surface area contributed by atoms with Crippen molar-refractivity contribution in [2.24, 2.45) is 0 Å². The molecule has 0 amide bonds. The molecule has 0 spiro atoms. The quantitative estimate of drug-likeness (QED) is 0.840. The van der Waals surface area contributed by atoms with E-state index in [4.69, 9.17) is 5.73 Å². The van der Waals surface area contributed by atoms with Crippen LogP contribution in [-0.2, 0) is 16.0 Å². The van der Waals surface area contributed by atoms with E-state index >= 15 is 0 Å². The molecule has 4 nitrogen and oxygen atoms in total. The number of halogens is 3. The summed E-state index contributed by atoms with van der Waals surface area (Å²) in [7, 11) is -3.18. The Bertz CT molecular complexity index is 599. The van der Waals surface area contributed by atoms with E-state index in [1.807, 2.05) is 0 Å². The van der Waals surface area contributed by atoms with E-state index in [0.29, 0.717) is 12.8 Å². The summed E-state index contributed by atoms with van der Waals surface area (Å²) in [6, 6.07) is 3.41. The lowest BCUT2D eigenvalue weighted by molar-refractivity contribution is -0.136. The molecule has 1 aromatic rings. The van der Waals surface area contributed by atoms with Crippen molar-refractivity contribution in [3.8, 4) is 0 Å². The van der Waals surface area contributed by atoms with Gasteiger partial charge in [-0.3, -0.25) is 0 Å². The van der Waals surface area contributed by atoms with E-state index in [1.165, 1.54) is 12.1 Å². The molecule has 20 heavy (non-hydrogen) atoms. The topological polar surface area (TPSA) is 72.2 Å². The highest BCUT2D eigenvalue weighted by Crippen LogP contribution is 2.36. The number of hydrogen-bond acceptors (Lipinski definition) is 4. The maximum Gasteiger partial charge on any atom is 0.418 e. The Morgan fingerprint density at radius 2 is 2.05 bits per heavy atom. The van der Waals surface area contributed by atoms with Crippen LogP contribution >= 0.6 is 0 Å². The molecule has 1 unspecified atom stereocenters. The van der Waals surface area contributed by atoms with Gasteiger partial charge in [0.05, 0.1) is 16.6 Å². The number of nitrogens with two attached hydrogens (primary N) is 1. The van der Waals surface area contributed by atoms with Crippen molar-refractivity contribution in [3.63, 3.8) is 0 Å². The molecular weight excluding hydrogens is 293 g/mol. The van der Waals surface area contributed by atoms with Crippen molar-refractivity contribution in [2.45, 2.75) is 24.3 Å². The fraction of sp³-hybridized carbons (Fsp3) is 0.500. The molecule has 2 rings (SSSR count). The maximum atomic E-state index is 12.9. The molecular formula is C12H15F3N2O2S. The van der Waals surface area contributed by atoms with Crippen LogP contribution in [0.4, 0.5) is 24.5 Å². The van der Waals surface area contributed by atoms with Gasteiger partial charge in [-0.15, -0.1) is 0 Å². The molecule has 1 aromatic carbocycles. The summed E-state index contributed by atoms with van der Waals surface area (Å²) in [4.78, 5) is 0. The second-order valence-electron chi connectivity index (χ2n) is 4.81. The highest BCUT2D eigenvalue weighted by Gasteiger charge is 2.35. The number of anilines is 2. The van der Waals surface area contributed by atoms with Gasteiger partial charge in [0, 0.05) is 17.9 Å². The van der Waals surface area contributed by atoms with Crippen molar-refractivity contribution in [1.29, 1.82) is 0 Å². The van der Waals surface area contributed by atoms with Crippen molar-refractivity contribution in [3.05, 3.63) is 23.8 Å². The van der Waals surface area contributed by atoms with Crippen molar-refractivity contribution in [2.75, 3.05) is 23.3 Å². The molecule has 0 radical (unpaired) electrons. The fourth-order valence-corrected chi connectivity index (χ4v) is 4.03. The van der Waals surface area contributed by atoms with Crippen LogP contribution < -0.4 is 11.1 Å². The molecule has 1 atom stereocenters. The van der Waals surface area contributed by atoms with Gasteiger partial charge in [-0.1, -0.05) is 0 Å². The number of nitrogens with one attached hydrogen (secondary N) is 1. The lowest BCUT2D eigenvalue weighted by Gasteiger charge is -2.17. The van der Waals surface area contributed by atoms with Gasteiger partial charge in [-0.25, -0.2) is 8.42 Å². The summed E-state index contributed by atoms with van der Waals surface area (Å²) in [5.74, 6) is 0.104. The molecule has 112 valence electrons. The third kappa shape index (κ3) is 3.17. The highest BCUT2D eigenvalue weighted by molar-refractivity contribution is 7.92. The van der Waals surface area contributed by atoms with Gasteiger partial charge in [0.2, 0.25) is 0 Å². The summed E-state index contributed by atoms with van der Waals surface area (Å²) >= 11 is 0. The van der Waals surface area contributed by atoms with E-state index in [0.717, 1.165) is 6.07 Å². The lowest BCUT2D eigenvalue weighted by atomic mass is 10.1. The largest absolute Gasteiger partial charge is 0.418 e. The van der Waals surface area contributed by atoms with E-state index in [9.17, 15) is 21.6 Å². The molecule has 8 heteroatoms. The third-order valence-electron chi connectivity index (χ3n) is 3.33. The lowest BCUT2D eigenvalue weighted by Crippen LogP contribution is -2.26. The Kier molecular flexibility index (Phi) is 3.86. The second-order valence-corrected chi connectivity index (χ2v) is 7.22. The standard InChI is InChI=1S/C12H15F3N2O2S/c13-12(14,15)10-6-8(16)3-4-11(10)17-7-9-2-1-5-20(9,18)19/h3-4,6,9,17H,1-2,5,7,16H2. The molecule has 0 saturated carbocycles. The van der Waals surface area contributed by atoms with Gasteiger partial charge >= 0.3 is 6.18 Å². The van der Waals surface area contributed by atoms with E-state index < -0.39 is 26.8 Å². The van der Waals surface area contributed by atoms with Gasteiger partial charge in [0.1, 0.15) is 0 Å². The summed E-state index contributed by atoms with van der Waals surface area (Å²) < 4.78 is 61.9. The first-order valence-corrected chi connectivity index (χ1v) is 7.84. The number of rotatable bonds is 3. The molecule has 1 saturated heterocycles. The Balaban J connectivity index is 2.18. The first kappa shape index (κ1) is 15.0. The zero-order valence-corrected chi connectivity index (χ0v) is 11.4. The molecule has 1 aliphatic rings. The smallest absolute Gasteiger partial charge is 0.399 e. The van der Waals surface area contributed by atoms with Crippen LogP contribution in [0.15, 0.2) is 18.2 Å². The number of nitrogen functional groups attached to an aromatic ring is 1. The predicted octanol–water partition coefficient (Wildman–Crippen LogP) is 2.28. The zero-order chi connectivity index (χ0) is 15.0. The Morgan fingerprint density at radius 1 is 1.35 bits per heavy atom. The first-order valence-electron chi connectivity index (χ1n) is 6.12. The molecule has 0 aliphatic carbocycles. The van der Waals surface area contributed by atoms with Crippen LogP contribution in [0.5, 0.6) is 0 Å². The molecule has 0 bridgehead atoms. The minimum absolute atomic E-state index is 0.0105. The first-order chi connectivity index (χ1) is 9.20. The van der Waals surface area contributed by atoms with Crippen LogP contribution in [0.2, 0.25) is 0 Å². The Labute approximate surface area is 115 Å². The van der Waals surface area contributed by atoms with Crippen molar-refractivity contribution in [1.82, 2.24) is 0 Å². The van der Waals surface area contributed by atoms with Crippen LogP contribution in [0.3, 0.4) is 0 Å². The molecule has 1 fully saturated rings. The summed E-state index contributed by atoms with van der Waals surface area (Å²) in [6.07, 6.45) is -3.50. The van der Waals surface area contributed by atoms with Crippen LogP contribution in [0, 0.1) is 0 Å². The SMILES string of the molecule is Nc1ccc(NCC2CCCS2(=O)=O)c(C(F)(F)F)c1. The Morgan fingerprint density at radius 3 is 2.60 bits per heavy atom. The molecule has 3 N–H and O–H groups in total. The monoisotopic (exact) mass is 308 g/mol. The normalized spacial score (nSPS) is 21.9. The van der Waals surface area contributed by atoms with E-state index in [2.05, 4.69) is 5.32 Å². The predicted molar refractivity (Wildman–Crippen MR) is 71.2 cm³/mol. The number of alkyl halides is 3. The minimum atomic E-state index is -4.54. The van der Waals surface area contributed by atoms with Gasteiger partial charge in [-0.2, -0.15) is 13.2 Å². The number of benzene rings is 1. The van der Waals surface area contributed by atoms with Gasteiger partial charge < -0.3 is 11.1 Å². The van der Waals surface area contributed by atoms with Crippen LogP contribution in [-0.4, -0.2) is 26.0 Å². The maximum absolute atomic E-state index is 12.9. The van der Waals surface area contributed by atoms with E-state index in [-0.39, 0.29) is 23.7 Å².